The monoisotopic (exact) mass is 379 g/mol. The van der Waals surface area contributed by atoms with Crippen LogP contribution in [-0.4, -0.2) is 10.9 Å². The van der Waals surface area contributed by atoms with Crippen LogP contribution in [0.15, 0.2) is 89.5 Å². The van der Waals surface area contributed by atoms with E-state index in [1.807, 2.05) is 54.6 Å². The molecule has 0 aliphatic carbocycles. The van der Waals surface area contributed by atoms with E-state index in [0.717, 1.165) is 11.1 Å². The normalized spacial score (nSPS) is 10.3. The molecule has 4 rings (SSSR count). The molecular formula is C24H17N3O2. The van der Waals surface area contributed by atoms with E-state index in [0.29, 0.717) is 34.9 Å². The highest BCUT2D eigenvalue weighted by molar-refractivity contribution is 6.08. The van der Waals surface area contributed by atoms with Crippen molar-refractivity contribution in [3.63, 3.8) is 0 Å². The van der Waals surface area contributed by atoms with Gasteiger partial charge < -0.3 is 9.73 Å². The maximum absolute atomic E-state index is 12.9. The van der Waals surface area contributed by atoms with E-state index in [4.69, 9.17) is 9.68 Å². The van der Waals surface area contributed by atoms with Gasteiger partial charge in [0, 0.05) is 16.8 Å². The van der Waals surface area contributed by atoms with Gasteiger partial charge in [-0.1, -0.05) is 54.6 Å². The molecule has 0 aliphatic heterocycles. The van der Waals surface area contributed by atoms with Crippen LogP contribution < -0.4 is 5.32 Å². The van der Waals surface area contributed by atoms with Gasteiger partial charge in [0.05, 0.1) is 24.3 Å². The van der Waals surface area contributed by atoms with E-state index in [1.165, 1.54) is 0 Å². The molecule has 0 saturated carbocycles. The van der Waals surface area contributed by atoms with Crippen molar-refractivity contribution < 1.29 is 9.21 Å². The van der Waals surface area contributed by atoms with Crippen molar-refractivity contribution in [3.05, 3.63) is 96.2 Å². The van der Waals surface area contributed by atoms with E-state index >= 15 is 0 Å². The molecule has 1 heterocycles. The standard InChI is InChI=1S/C24H17N3O2/c25-15-14-17-10-12-19(13-11-17)27-23(28)20-8-4-5-9-21(20)24-26-16-22(29-24)18-6-2-1-3-7-18/h1-13,16H,14H2,(H,27,28). The predicted octanol–water partition coefficient (Wildman–Crippen LogP) is 5.33. The average molecular weight is 379 g/mol. The highest BCUT2D eigenvalue weighted by Crippen LogP contribution is 2.28. The SMILES string of the molecule is N#CCc1ccc(NC(=O)c2ccccc2-c2ncc(-c3ccccc3)o2)cc1. The number of carbonyl (C=O) groups excluding carboxylic acids is 1. The van der Waals surface area contributed by atoms with Gasteiger partial charge in [0.15, 0.2) is 5.76 Å². The number of aromatic nitrogens is 1. The molecule has 0 unspecified atom stereocenters. The molecule has 5 heteroatoms. The second kappa shape index (κ2) is 8.24. The second-order valence-corrected chi connectivity index (χ2v) is 6.43. The van der Waals surface area contributed by atoms with E-state index in [-0.39, 0.29) is 5.91 Å². The van der Waals surface area contributed by atoms with Crippen molar-refractivity contribution >= 4 is 11.6 Å². The van der Waals surface area contributed by atoms with Gasteiger partial charge in [-0.25, -0.2) is 4.98 Å². The molecule has 140 valence electrons. The Morgan fingerprint density at radius 2 is 1.69 bits per heavy atom. The summed E-state index contributed by atoms with van der Waals surface area (Å²) in [6, 6.07) is 26.2. The van der Waals surface area contributed by atoms with Gasteiger partial charge >= 0.3 is 0 Å². The topological polar surface area (TPSA) is 78.9 Å². The molecular weight excluding hydrogens is 362 g/mol. The summed E-state index contributed by atoms with van der Waals surface area (Å²) in [6.45, 7) is 0. The summed E-state index contributed by atoms with van der Waals surface area (Å²) in [4.78, 5) is 17.2. The van der Waals surface area contributed by atoms with Crippen LogP contribution >= 0.6 is 0 Å². The zero-order chi connectivity index (χ0) is 20.1. The lowest BCUT2D eigenvalue weighted by Crippen LogP contribution is -2.13. The molecule has 1 amide bonds. The molecule has 29 heavy (non-hydrogen) atoms. The van der Waals surface area contributed by atoms with Crippen LogP contribution in [0.5, 0.6) is 0 Å². The summed E-state index contributed by atoms with van der Waals surface area (Å²) in [5.41, 5.74) is 3.57. The second-order valence-electron chi connectivity index (χ2n) is 6.43. The molecule has 0 aliphatic rings. The highest BCUT2D eigenvalue weighted by atomic mass is 16.4. The van der Waals surface area contributed by atoms with Crippen molar-refractivity contribution in [2.45, 2.75) is 6.42 Å². The number of carbonyl (C=O) groups is 1. The molecule has 0 spiro atoms. The minimum Gasteiger partial charge on any atom is -0.436 e. The third-order valence-electron chi connectivity index (χ3n) is 4.46. The van der Waals surface area contributed by atoms with Gasteiger partial charge in [0.2, 0.25) is 5.89 Å². The number of anilines is 1. The molecule has 0 saturated heterocycles. The molecule has 1 aromatic heterocycles. The number of nitrogens with zero attached hydrogens (tertiary/aromatic N) is 2. The molecule has 0 fully saturated rings. The third kappa shape index (κ3) is 4.07. The number of benzene rings is 3. The summed E-state index contributed by atoms with van der Waals surface area (Å²) in [6.07, 6.45) is 2.00. The predicted molar refractivity (Wildman–Crippen MR) is 111 cm³/mol. The quantitative estimate of drug-likeness (QED) is 0.508. The summed E-state index contributed by atoms with van der Waals surface area (Å²) >= 11 is 0. The number of nitriles is 1. The molecule has 0 bridgehead atoms. The van der Waals surface area contributed by atoms with Crippen molar-refractivity contribution in [1.82, 2.24) is 4.98 Å². The van der Waals surface area contributed by atoms with Gasteiger partial charge in [0.25, 0.3) is 5.91 Å². The Bertz CT molecular complexity index is 1170. The van der Waals surface area contributed by atoms with Gasteiger partial charge in [0.1, 0.15) is 0 Å². The van der Waals surface area contributed by atoms with Crippen molar-refractivity contribution in [1.29, 1.82) is 5.26 Å². The van der Waals surface area contributed by atoms with Crippen molar-refractivity contribution in [2.24, 2.45) is 0 Å². The zero-order valence-corrected chi connectivity index (χ0v) is 15.5. The van der Waals surface area contributed by atoms with Crippen LogP contribution in [0.1, 0.15) is 15.9 Å². The van der Waals surface area contributed by atoms with Crippen LogP contribution in [0.25, 0.3) is 22.8 Å². The Morgan fingerprint density at radius 1 is 0.966 bits per heavy atom. The maximum Gasteiger partial charge on any atom is 0.256 e. The van der Waals surface area contributed by atoms with Crippen LogP contribution in [0.3, 0.4) is 0 Å². The average Bonchev–Trinajstić information content (AvgIpc) is 3.26. The highest BCUT2D eigenvalue weighted by Gasteiger charge is 2.17. The van der Waals surface area contributed by atoms with Crippen molar-refractivity contribution in [2.75, 3.05) is 5.32 Å². The third-order valence-corrected chi connectivity index (χ3v) is 4.46. The molecule has 0 radical (unpaired) electrons. The Labute approximate surface area is 168 Å². The summed E-state index contributed by atoms with van der Waals surface area (Å²) in [5, 5.41) is 11.6. The summed E-state index contributed by atoms with van der Waals surface area (Å²) < 4.78 is 5.92. The van der Waals surface area contributed by atoms with E-state index in [9.17, 15) is 4.79 Å². The lowest BCUT2D eigenvalue weighted by molar-refractivity contribution is 0.102. The largest absolute Gasteiger partial charge is 0.436 e. The van der Waals surface area contributed by atoms with Crippen LogP contribution in [0.4, 0.5) is 5.69 Å². The summed E-state index contributed by atoms with van der Waals surface area (Å²) in [5.74, 6) is 0.774. The van der Waals surface area contributed by atoms with Crippen molar-refractivity contribution in [3.8, 4) is 28.8 Å². The lowest BCUT2D eigenvalue weighted by atomic mass is 10.1. The Kier molecular flexibility index (Phi) is 5.17. The minimum atomic E-state index is -0.256. The van der Waals surface area contributed by atoms with Crippen LogP contribution in [0, 0.1) is 11.3 Å². The fourth-order valence-corrected chi connectivity index (χ4v) is 3.00. The van der Waals surface area contributed by atoms with E-state index in [2.05, 4.69) is 16.4 Å². The number of rotatable bonds is 5. The molecule has 1 N–H and O–H groups in total. The number of oxazole rings is 1. The molecule has 0 atom stereocenters. The summed E-state index contributed by atoms with van der Waals surface area (Å²) in [7, 11) is 0. The minimum absolute atomic E-state index is 0.256. The molecule has 4 aromatic rings. The molecule has 3 aromatic carbocycles. The Morgan fingerprint density at radius 3 is 2.45 bits per heavy atom. The van der Waals surface area contributed by atoms with Gasteiger partial charge in [-0.3, -0.25) is 4.79 Å². The van der Waals surface area contributed by atoms with E-state index < -0.39 is 0 Å². The van der Waals surface area contributed by atoms with Crippen LogP contribution in [0.2, 0.25) is 0 Å². The lowest BCUT2D eigenvalue weighted by Gasteiger charge is -2.08. The fraction of sp³-hybridized carbons (Fsp3) is 0.0417. The van der Waals surface area contributed by atoms with Crippen LogP contribution in [-0.2, 0) is 6.42 Å². The number of amides is 1. The van der Waals surface area contributed by atoms with Gasteiger partial charge in [-0.15, -0.1) is 0 Å². The van der Waals surface area contributed by atoms with E-state index in [1.54, 1.807) is 30.5 Å². The number of hydrogen-bond donors (Lipinski definition) is 1. The first kappa shape index (κ1) is 18.2. The van der Waals surface area contributed by atoms with Gasteiger partial charge in [-0.2, -0.15) is 5.26 Å². The zero-order valence-electron chi connectivity index (χ0n) is 15.5. The Hall–Kier alpha value is -4.17. The number of nitrogens with one attached hydrogen (secondary N) is 1. The Balaban J connectivity index is 1.59. The first-order valence-electron chi connectivity index (χ1n) is 9.12. The fourth-order valence-electron chi connectivity index (χ4n) is 3.00. The number of hydrogen-bond acceptors (Lipinski definition) is 4. The first-order chi connectivity index (χ1) is 14.2. The molecule has 5 nitrogen and oxygen atoms in total. The maximum atomic E-state index is 12.9. The first-order valence-corrected chi connectivity index (χ1v) is 9.12. The van der Waals surface area contributed by atoms with Gasteiger partial charge in [-0.05, 0) is 29.8 Å². The smallest absolute Gasteiger partial charge is 0.256 e.